The second-order valence-corrected chi connectivity index (χ2v) is 5.07. The minimum Gasteiger partial charge on any atom is -0.396 e. The molecule has 0 saturated carbocycles. The van der Waals surface area contributed by atoms with Crippen molar-refractivity contribution in [2.75, 3.05) is 5.73 Å². The van der Waals surface area contributed by atoms with Crippen LogP contribution in [0.1, 0.15) is 20.2 Å². The quantitative estimate of drug-likeness (QED) is 0.835. The number of rotatable bonds is 3. The molecule has 18 heavy (non-hydrogen) atoms. The summed E-state index contributed by atoms with van der Waals surface area (Å²) in [5, 5.41) is 3.46. The van der Waals surface area contributed by atoms with Crippen LogP contribution in [0.25, 0.3) is 0 Å². The number of aromatic nitrogens is 1. The fourth-order valence-corrected chi connectivity index (χ4v) is 2.20. The topological polar surface area (TPSA) is 68.0 Å². The highest BCUT2D eigenvalue weighted by molar-refractivity contribution is 7.11. The first-order valence-electron chi connectivity index (χ1n) is 5.31. The molecule has 1 amide bonds. The standard InChI is InChI=1S/C12H12FN3OS/c1-7-5-15-10(18-7)6-16-12(17)8-3-2-4-9(13)11(8)14/h2-5H,6,14H2,1H3,(H,16,17). The number of nitrogens with one attached hydrogen (secondary N) is 1. The number of nitrogen functional groups attached to an aromatic ring is 1. The fraction of sp³-hybridized carbons (Fsp3) is 0.167. The lowest BCUT2D eigenvalue weighted by Crippen LogP contribution is -2.24. The van der Waals surface area contributed by atoms with Crippen molar-refractivity contribution in [1.82, 2.24) is 10.3 Å². The third-order valence-electron chi connectivity index (χ3n) is 2.37. The van der Waals surface area contributed by atoms with Crippen molar-refractivity contribution in [1.29, 1.82) is 0 Å². The van der Waals surface area contributed by atoms with E-state index in [1.54, 1.807) is 6.20 Å². The van der Waals surface area contributed by atoms with Gasteiger partial charge in [-0.3, -0.25) is 4.79 Å². The minimum atomic E-state index is -0.590. The van der Waals surface area contributed by atoms with Gasteiger partial charge in [0.15, 0.2) is 0 Å². The van der Waals surface area contributed by atoms with Gasteiger partial charge in [-0.25, -0.2) is 9.37 Å². The van der Waals surface area contributed by atoms with Gasteiger partial charge in [-0.05, 0) is 19.1 Å². The number of aryl methyl sites for hydroxylation is 1. The number of hydrogen-bond acceptors (Lipinski definition) is 4. The van der Waals surface area contributed by atoms with E-state index < -0.39 is 11.7 Å². The van der Waals surface area contributed by atoms with E-state index in [4.69, 9.17) is 5.73 Å². The van der Waals surface area contributed by atoms with Crippen LogP contribution < -0.4 is 11.1 Å². The molecule has 2 rings (SSSR count). The van der Waals surface area contributed by atoms with Gasteiger partial charge in [0.05, 0.1) is 17.8 Å². The van der Waals surface area contributed by atoms with Gasteiger partial charge < -0.3 is 11.1 Å². The first-order valence-corrected chi connectivity index (χ1v) is 6.13. The molecule has 1 heterocycles. The summed E-state index contributed by atoms with van der Waals surface area (Å²) in [5.41, 5.74) is 5.52. The number of carbonyl (C=O) groups excluding carboxylic acids is 1. The molecule has 0 aliphatic rings. The van der Waals surface area contributed by atoms with Crippen molar-refractivity contribution in [3.05, 3.63) is 45.7 Å². The van der Waals surface area contributed by atoms with Crippen molar-refractivity contribution in [2.24, 2.45) is 0 Å². The van der Waals surface area contributed by atoms with Gasteiger partial charge in [-0.1, -0.05) is 6.07 Å². The lowest BCUT2D eigenvalue weighted by atomic mass is 10.1. The Hall–Kier alpha value is -1.95. The molecule has 2 aromatic rings. The van der Waals surface area contributed by atoms with Crippen molar-refractivity contribution < 1.29 is 9.18 Å². The number of amides is 1. The van der Waals surface area contributed by atoms with Gasteiger partial charge in [0.25, 0.3) is 5.91 Å². The summed E-state index contributed by atoms with van der Waals surface area (Å²) in [6, 6.07) is 4.16. The molecule has 4 nitrogen and oxygen atoms in total. The molecule has 0 atom stereocenters. The summed E-state index contributed by atoms with van der Waals surface area (Å²) < 4.78 is 13.2. The summed E-state index contributed by atoms with van der Waals surface area (Å²) in [6.07, 6.45) is 1.74. The normalized spacial score (nSPS) is 10.3. The van der Waals surface area contributed by atoms with Gasteiger partial charge >= 0.3 is 0 Å². The molecule has 0 radical (unpaired) electrons. The van der Waals surface area contributed by atoms with Crippen LogP contribution in [0.15, 0.2) is 24.4 Å². The van der Waals surface area contributed by atoms with Gasteiger partial charge in [0, 0.05) is 11.1 Å². The first-order chi connectivity index (χ1) is 8.58. The van der Waals surface area contributed by atoms with E-state index in [1.807, 2.05) is 6.92 Å². The van der Waals surface area contributed by atoms with Gasteiger partial charge in [-0.2, -0.15) is 0 Å². The average Bonchev–Trinajstić information content (AvgIpc) is 2.76. The second kappa shape index (κ2) is 5.14. The number of halogens is 1. The molecule has 1 aromatic heterocycles. The maximum atomic E-state index is 13.2. The van der Waals surface area contributed by atoms with Gasteiger partial charge in [-0.15, -0.1) is 11.3 Å². The Kier molecular flexibility index (Phi) is 3.57. The highest BCUT2D eigenvalue weighted by Crippen LogP contribution is 2.16. The van der Waals surface area contributed by atoms with Crippen LogP contribution in [0.2, 0.25) is 0 Å². The Labute approximate surface area is 108 Å². The Bertz CT molecular complexity index is 582. The number of nitrogens with two attached hydrogens (primary N) is 1. The highest BCUT2D eigenvalue weighted by Gasteiger charge is 2.12. The number of carbonyl (C=O) groups is 1. The van der Waals surface area contributed by atoms with Crippen LogP contribution in [0, 0.1) is 12.7 Å². The zero-order valence-corrected chi connectivity index (χ0v) is 10.6. The fourth-order valence-electron chi connectivity index (χ4n) is 1.47. The van der Waals surface area contributed by atoms with Crippen LogP contribution in [0.3, 0.4) is 0 Å². The summed E-state index contributed by atoms with van der Waals surface area (Å²) in [5.74, 6) is -0.993. The van der Waals surface area contributed by atoms with Crippen LogP contribution in [-0.4, -0.2) is 10.9 Å². The molecule has 0 bridgehead atoms. The molecule has 1 aromatic carbocycles. The van der Waals surface area contributed by atoms with E-state index in [1.165, 1.54) is 29.5 Å². The third-order valence-corrected chi connectivity index (χ3v) is 3.28. The molecule has 0 unspecified atom stereocenters. The lowest BCUT2D eigenvalue weighted by molar-refractivity contribution is 0.0951. The molecule has 6 heteroatoms. The highest BCUT2D eigenvalue weighted by atomic mass is 32.1. The zero-order valence-electron chi connectivity index (χ0n) is 9.74. The Morgan fingerprint density at radius 3 is 3.00 bits per heavy atom. The van der Waals surface area contributed by atoms with Crippen LogP contribution in [0.4, 0.5) is 10.1 Å². The van der Waals surface area contributed by atoms with E-state index in [0.29, 0.717) is 6.54 Å². The maximum Gasteiger partial charge on any atom is 0.253 e. The van der Waals surface area contributed by atoms with Crippen molar-refractivity contribution in [3.63, 3.8) is 0 Å². The third kappa shape index (κ3) is 2.65. The van der Waals surface area contributed by atoms with E-state index in [0.717, 1.165) is 9.88 Å². The molecular weight excluding hydrogens is 253 g/mol. The number of thiazole rings is 1. The number of para-hydroxylation sites is 1. The van der Waals surface area contributed by atoms with E-state index >= 15 is 0 Å². The van der Waals surface area contributed by atoms with Gasteiger partial charge in [0.2, 0.25) is 0 Å². The van der Waals surface area contributed by atoms with E-state index in [-0.39, 0.29) is 11.3 Å². The monoisotopic (exact) mass is 265 g/mol. The number of anilines is 1. The number of hydrogen-bond donors (Lipinski definition) is 2. The second-order valence-electron chi connectivity index (χ2n) is 3.75. The molecule has 0 aliphatic heterocycles. The summed E-state index contributed by atoms with van der Waals surface area (Å²) >= 11 is 1.50. The van der Waals surface area contributed by atoms with Crippen LogP contribution >= 0.6 is 11.3 Å². The Morgan fingerprint density at radius 1 is 1.56 bits per heavy atom. The average molecular weight is 265 g/mol. The lowest BCUT2D eigenvalue weighted by Gasteiger charge is -2.06. The number of nitrogens with zero attached hydrogens (tertiary/aromatic N) is 1. The molecule has 0 aliphatic carbocycles. The molecule has 0 fully saturated rings. The minimum absolute atomic E-state index is 0.134. The summed E-state index contributed by atoms with van der Waals surface area (Å²) in [7, 11) is 0. The molecule has 0 spiro atoms. The molecule has 0 saturated heterocycles. The van der Waals surface area contributed by atoms with Crippen molar-refractivity contribution in [3.8, 4) is 0 Å². The van der Waals surface area contributed by atoms with Gasteiger partial charge in [0.1, 0.15) is 10.8 Å². The predicted octanol–water partition coefficient (Wildman–Crippen LogP) is 2.10. The maximum absolute atomic E-state index is 13.2. The largest absolute Gasteiger partial charge is 0.396 e. The van der Waals surface area contributed by atoms with Crippen molar-refractivity contribution in [2.45, 2.75) is 13.5 Å². The number of benzene rings is 1. The van der Waals surface area contributed by atoms with E-state index in [2.05, 4.69) is 10.3 Å². The molecular formula is C12H12FN3OS. The predicted molar refractivity (Wildman–Crippen MR) is 68.8 cm³/mol. The molecule has 94 valence electrons. The van der Waals surface area contributed by atoms with E-state index in [9.17, 15) is 9.18 Å². The summed E-state index contributed by atoms with van der Waals surface area (Å²) in [4.78, 5) is 17.0. The Morgan fingerprint density at radius 2 is 2.33 bits per heavy atom. The first kappa shape index (κ1) is 12.5. The summed E-state index contributed by atoms with van der Waals surface area (Å²) in [6.45, 7) is 2.25. The molecule has 3 N–H and O–H groups in total. The zero-order chi connectivity index (χ0) is 13.1. The SMILES string of the molecule is Cc1cnc(CNC(=O)c2cccc(F)c2N)s1. The Balaban J connectivity index is 2.06. The smallest absolute Gasteiger partial charge is 0.253 e. The van der Waals surface area contributed by atoms with Crippen LogP contribution in [-0.2, 0) is 6.54 Å². The van der Waals surface area contributed by atoms with Crippen molar-refractivity contribution >= 4 is 22.9 Å². The van der Waals surface area contributed by atoms with Crippen LogP contribution in [0.5, 0.6) is 0 Å².